The summed E-state index contributed by atoms with van der Waals surface area (Å²) in [6.07, 6.45) is 4.48. The third-order valence-corrected chi connectivity index (χ3v) is 4.33. The topological polar surface area (TPSA) is 81.4 Å². The molecule has 0 unspecified atom stereocenters. The van der Waals surface area contributed by atoms with Crippen molar-refractivity contribution in [1.29, 1.82) is 0 Å². The van der Waals surface area contributed by atoms with Crippen molar-refractivity contribution in [2.45, 2.75) is 19.9 Å². The Balaban J connectivity index is 1.74. The Bertz CT molecular complexity index is 920. The van der Waals surface area contributed by atoms with E-state index in [0.717, 1.165) is 11.3 Å². The van der Waals surface area contributed by atoms with Gasteiger partial charge in [-0.1, -0.05) is 30.3 Å². The minimum Gasteiger partial charge on any atom is -0.466 e. The molecule has 0 saturated heterocycles. The fraction of sp³-hybridized carbons (Fsp3) is 0.222. The predicted octanol–water partition coefficient (Wildman–Crippen LogP) is 2.60. The second kappa shape index (κ2) is 8.39. The third kappa shape index (κ3) is 4.34. The first kappa shape index (κ1) is 17.8. The number of rotatable bonds is 6. The van der Waals surface area contributed by atoms with Crippen molar-refractivity contribution in [3.8, 4) is 17.1 Å². The SMILES string of the molecule is CC(C)n1c(-c2ccccc2)cs/c1=N\NC(=O)COc1cnccn1. The average Bonchev–Trinajstić information content (AvgIpc) is 3.10. The van der Waals surface area contributed by atoms with Crippen molar-refractivity contribution in [2.24, 2.45) is 5.10 Å². The number of carbonyl (C=O) groups is 1. The van der Waals surface area contributed by atoms with Crippen LogP contribution >= 0.6 is 11.3 Å². The molecule has 0 spiro atoms. The molecule has 0 fully saturated rings. The number of benzene rings is 1. The number of aromatic nitrogens is 3. The van der Waals surface area contributed by atoms with Gasteiger partial charge in [0.25, 0.3) is 5.91 Å². The summed E-state index contributed by atoms with van der Waals surface area (Å²) in [7, 11) is 0. The number of hydrogen-bond donors (Lipinski definition) is 1. The van der Waals surface area contributed by atoms with Crippen LogP contribution in [-0.4, -0.2) is 27.0 Å². The Labute approximate surface area is 155 Å². The number of nitrogens with one attached hydrogen (secondary N) is 1. The molecule has 0 radical (unpaired) electrons. The third-order valence-electron chi connectivity index (χ3n) is 3.49. The molecule has 26 heavy (non-hydrogen) atoms. The van der Waals surface area contributed by atoms with Crippen molar-refractivity contribution < 1.29 is 9.53 Å². The van der Waals surface area contributed by atoms with E-state index >= 15 is 0 Å². The smallest absolute Gasteiger partial charge is 0.278 e. The van der Waals surface area contributed by atoms with E-state index < -0.39 is 0 Å². The molecule has 1 N–H and O–H groups in total. The van der Waals surface area contributed by atoms with Gasteiger partial charge in [0.15, 0.2) is 6.61 Å². The molecular weight excluding hydrogens is 350 g/mol. The average molecular weight is 369 g/mol. The summed E-state index contributed by atoms with van der Waals surface area (Å²) in [6, 6.07) is 10.3. The molecule has 2 aromatic heterocycles. The first-order chi connectivity index (χ1) is 12.6. The van der Waals surface area contributed by atoms with Gasteiger partial charge < -0.3 is 9.30 Å². The highest BCUT2D eigenvalue weighted by atomic mass is 32.1. The zero-order chi connectivity index (χ0) is 18.4. The van der Waals surface area contributed by atoms with Gasteiger partial charge in [-0.25, -0.2) is 10.4 Å². The maximum absolute atomic E-state index is 12.0. The largest absolute Gasteiger partial charge is 0.466 e. The number of ether oxygens (including phenoxy) is 1. The van der Waals surface area contributed by atoms with E-state index in [9.17, 15) is 4.79 Å². The molecule has 0 aliphatic heterocycles. The Hall–Kier alpha value is -3.00. The second-order valence-electron chi connectivity index (χ2n) is 5.71. The molecular formula is C18H19N5O2S. The van der Waals surface area contributed by atoms with Crippen molar-refractivity contribution in [2.75, 3.05) is 6.61 Å². The van der Waals surface area contributed by atoms with Crippen molar-refractivity contribution in [3.63, 3.8) is 0 Å². The van der Waals surface area contributed by atoms with Gasteiger partial charge in [0.05, 0.1) is 11.9 Å². The number of amides is 1. The minimum atomic E-state index is -0.361. The zero-order valence-electron chi connectivity index (χ0n) is 14.5. The predicted molar refractivity (Wildman–Crippen MR) is 99.4 cm³/mol. The van der Waals surface area contributed by atoms with Gasteiger partial charge in [-0.3, -0.25) is 9.78 Å². The van der Waals surface area contributed by atoms with Gasteiger partial charge in [-0.2, -0.15) is 0 Å². The van der Waals surface area contributed by atoms with Crippen LogP contribution in [0.1, 0.15) is 19.9 Å². The molecule has 1 amide bonds. The highest BCUT2D eigenvalue weighted by Gasteiger charge is 2.11. The van der Waals surface area contributed by atoms with E-state index in [-0.39, 0.29) is 18.6 Å². The van der Waals surface area contributed by atoms with Gasteiger partial charge in [0, 0.05) is 23.8 Å². The molecule has 0 bridgehead atoms. The van der Waals surface area contributed by atoms with Crippen LogP contribution in [0.4, 0.5) is 0 Å². The van der Waals surface area contributed by atoms with Crippen LogP contribution in [0.2, 0.25) is 0 Å². The Kier molecular flexibility index (Phi) is 5.75. The zero-order valence-corrected chi connectivity index (χ0v) is 15.3. The van der Waals surface area contributed by atoms with Crippen LogP contribution in [0.15, 0.2) is 59.4 Å². The summed E-state index contributed by atoms with van der Waals surface area (Å²) in [5, 5.41) is 6.29. The van der Waals surface area contributed by atoms with Crippen LogP contribution in [0.5, 0.6) is 5.88 Å². The van der Waals surface area contributed by atoms with E-state index in [0.29, 0.717) is 10.7 Å². The van der Waals surface area contributed by atoms with Gasteiger partial charge in [0.1, 0.15) is 0 Å². The second-order valence-corrected chi connectivity index (χ2v) is 6.55. The number of nitrogens with zero attached hydrogens (tertiary/aromatic N) is 4. The summed E-state index contributed by atoms with van der Waals surface area (Å²) < 4.78 is 7.35. The lowest BCUT2D eigenvalue weighted by Crippen LogP contribution is -2.29. The molecule has 8 heteroatoms. The summed E-state index contributed by atoms with van der Waals surface area (Å²) in [5.41, 5.74) is 4.70. The van der Waals surface area contributed by atoms with Gasteiger partial charge in [0.2, 0.25) is 10.7 Å². The van der Waals surface area contributed by atoms with Crippen LogP contribution in [0.25, 0.3) is 11.3 Å². The minimum absolute atomic E-state index is 0.180. The number of hydrogen-bond acceptors (Lipinski definition) is 6. The fourth-order valence-corrected chi connectivity index (χ4v) is 3.35. The molecule has 0 aliphatic rings. The van der Waals surface area contributed by atoms with Gasteiger partial charge >= 0.3 is 0 Å². The molecule has 7 nitrogen and oxygen atoms in total. The number of thiazole rings is 1. The monoisotopic (exact) mass is 369 g/mol. The highest BCUT2D eigenvalue weighted by Crippen LogP contribution is 2.22. The molecule has 0 aliphatic carbocycles. The summed E-state index contributed by atoms with van der Waals surface area (Å²) in [5.74, 6) is -0.0667. The standard InChI is InChI=1S/C18H19N5O2S/c1-13(2)23-15(14-6-4-3-5-7-14)12-26-18(23)22-21-16(24)11-25-17-10-19-8-9-20-17/h3-10,12-13H,11H2,1-2H3,(H,21,24)/b22-18-. The molecule has 3 aromatic rings. The quantitative estimate of drug-likeness (QED) is 0.677. The lowest BCUT2D eigenvalue weighted by molar-refractivity contribution is -0.123. The maximum atomic E-state index is 12.0. The van der Waals surface area contributed by atoms with Crippen LogP contribution in [0.3, 0.4) is 0 Å². The maximum Gasteiger partial charge on any atom is 0.278 e. The summed E-state index contributed by atoms with van der Waals surface area (Å²) in [4.78, 5) is 20.5. The van der Waals surface area contributed by atoms with E-state index in [1.807, 2.05) is 23.6 Å². The van der Waals surface area contributed by atoms with Crippen LogP contribution in [0, 0.1) is 0 Å². The van der Waals surface area contributed by atoms with Crippen molar-refractivity contribution >= 4 is 17.2 Å². The molecule has 2 heterocycles. The van der Waals surface area contributed by atoms with Crippen LogP contribution in [-0.2, 0) is 4.79 Å². The molecule has 0 saturated carbocycles. The Morgan fingerprint density at radius 1 is 1.31 bits per heavy atom. The lowest BCUT2D eigenvalue weighted by atomic mass is 10.1. The summed E-state index contributed by atoms with van der Waals surface area (Å²) >= 11 is 1.47. The molecule has 3 rings (SSSR count). The Morgan fingerprint density at radius 2 is 2.12 bits per heavy atom. The van der Waals surface area contributed by atoms with E-state index in [1.54, 1.807) is 0 Å². The van der Waals surface area contributed by atoms with E-state index in [2.05, 4.69) is 51.0 Å². The number of carbonyl (C=O) groups excluding carboxylic acids is 1. The lowest BCUT2D eigenvalue weighted by Gasteiger charge is -2.12. The van der Waals surface area contributed by atoms with E-state index in [4.69, 9.17) is 4.74 Å². The highest BCUT2D eigenvalue weighted by molar-refractivity contribution is 7.07. The van der Waals surface area contributed by atoms with Crippen molar-refractivity contribution in [1.82, 2.24) is 20.0 Å². The van der Waals surface area contributed by atoms with Gasteiger partial charge in [-0.15, -0.1) is 16.4 Å². The first-order valence-corrected chi connectivity index (χ1v) is 9.00. The van der Waals surface area contributed by atoms with E-state index in [1.165, 1.54) is 29.9 Å². The van der Waals surface area contributed by atoms with Gasteiger partial charge in [-0.05, 0) is 19.4 Å². The molecule has 1 aromatic carbocycles. The normalized spacial score (nSPS) is 11.6. The molecule has 0 atom stereocenters. The molecule has 134 valence electrons. The summed E-state index contributed by atoms with van der Waals surface area (Å²) in [6.45, 7) is 3.98. The Morgan fingerprint density at radius 3 is 2.81 bits per heavy atom. The van der Waals surface area contributed by atoms with Crippen LogP contribution < -0.4 is 15.0 Å². The fourth-order valence-electron chi connectivity index (χ4n) is 2.36. The van der Waals surface area contributed by atoms with Crippen molar-refractivity contribution in [3.05, 3.63) is 59.1 Å². The first-order valence-electron chi connectivity index (χ1n) is 8.12.